The van der Waals surface area contributed by atoms with E-state index in [0.29, 0.717) is 33.8 Å². The first kappa shape index (κ1) is 20.3. The van der Waals surface area contributed by atoms with E-state index >= 15 is 0 Å². The van der Waals surface area contributed by atoms with Gasteiger partial charge in [-0.05, 0) is 36.4 Å². The summed E-state index contributed by atoms with van der Waals surface area (Å²) in [7, 11) is 0. The summed E-state index contributed by atoms with van der Waals surface area (Å²) < 4.78 is 11.8. The van der Waals surface area contributed by atoms with Gasteiger partial charge in [-0.1, -0.05) is 24.3 Å². The molecule has 9 heteroatoms. The number of amides is 2. The molecule has 0 aliphatic carbocycles. The van der Waals surface area contributed by atoms with Gasteiger partial charge in [0.1, 0.15) is 6.54 Å². The van der Waals surface area contributed by atoms with Crippen molar-refractivity contribution in [1.29, 1.82) is 0 Å². The second kappa shape index (κ2) is 8.46. The van der Waals surface area contributed by atoms with Gasteiger partial charge in [0.2, 0.25) is 12.7 Å². The maximum absolute atomic E-state index is 12.9. The van der Waals surface area contributed by atoms with Gasteiger partial charge in [-0.25, -0.2) is 4.98 Å². The summed E-state index contributed by atoms with van der Waals surface area (Å²) in [6.45, 7) is -0.105. The lowest BCUT2D eigenvalue weighted by atomic mass is 10.1. The Balaban J connectivity index is 1.32. The van der Waals surface area contributed by atoms with Gasteiger partial charge in [0, 0.05) is 11.8 Å². The number of rotatable bonds is 5. The SMILES string of the molecule is O=C(Cn1cnc2ccccc2c1=O)Nc1ccccc1C(=O)Nc1ccc2c(c1)OCO2. The topological polar surface area (TPSA) is 112 Å². The van der Waals surface area contributed by atoms with Gasteiger partial charge in [-0.2, -0.15) is 0 Å². The van der Waals surface area contributed by atoms with Gasteiger partial charge in [-0.3, -0.25) is 19.0 Å². The summed E-state index contributed by atoms with van der Waals surface area (Å²) in [6, 6.07) is 18.6. The number of carbonyl (C=O) groups excluding carboxylic acids is 2. The Morgan fingerprint density at radius 3 is 2.64 bits per heavy atom. The molecule has 2 heterocycles. The highest BCUT2D eigenvalue weighted by Crippen LogP contribution is 2.34. The van der Waals surface area contributed by atoms with Gasteiger partial charge in [0.05, 0.1) is 28.5 Å². The van der Waals surface area contributed by atoms with Crippen molar-refractivity contribution in [1.82, 2.24) is 9.55 Å². The van der Waals surface area contributed by atoms with Crippen LogP contribution in [-0.2, 0) is 11.3 Å². The number of para-hydroxylation sites is 2. The molecule has 0 bridgehead atoms. The lowest BCUT2D eigenvalue weighted by molar-refractivity contribution is -0.116. The average molecular weight is 442 g/mol. The van der Waals surface area contributed by atoms with E-state index in [1.165, 1.54) is 10.9 Å². The first-order chi connectivity index (χ1) is 16.1. The largest absolute Gasteiger partial charge is 0.454 e. The molecule has 5 rings (SSSR count). The number of carbonyl (C=O) groups is 2. The van der Waals surface area contributed by atoms with Gasteiger partial charge >= 0.3 is 0 Å². The third-order valence-electron chi connectivity index (χ3n) is 5.12. The van der Waals surface area contributed by atoms with Crippen molar-refractivity contribution in [2.24, 2.45) is 0 Å². The van der Waals surface area contributed by atoms with Gasteiger partial charge < -0.3 is 20.1 Å². The molecule has 1 aliphatic rings. The maximum atomic E-state index is 12.9. The van der Waals surface area contributed by atoms with E-state index in [4.69, 9.17) is 9.47 Å². The Morgan fingerprint density at radius 1 is 0.939 bits per heavy atom. The molecule has 0 spiro atoms. The molecule has 0 unspecified atom stereocenters. The van der Waals surface area contributed by atoms with Crippen LogP contribution < -0.4 is 25.7 Å². The molecule has 0 saturated heterocycles. The minimum absolute atomic E-state index is 0.136. The van der Waals surface area contributed by atoms with E-state index in [1.54, 1.807) is 66.7 Å². The Labute approximate surface area is 187 Å². The summed E-state index contributed by atoms with van der Waals surface area (Å²) in [4.78, 5) is 42.4. The number of hydrogen-bond acceptors (Lipinski definition) is 6. The molecule has 0 atom stereocenters. The lowest BCUT2D eigenvalue weighted by Crippen LogP contribution is -2.28. The zero-order chi connectivity index (χ0) is 22.8. The van der Waals surface area contributed by atoms with Crippen LogP contribution in [0.15, 0.2) is 77.9 Å². The molecule has 2 N–H and O–H groups in total. The molecule has 0 radical (unpaired) electrons. The summed E-state index contributed by atoms with van der Waals surface area (Å²) in [5.41, 5.74) is 1.36. The van der Waals surface area contributed by atoms with Gasteiger partial charge in [0.25, 0.3) is 11.5 Å². The van der Waals surface area contributed by atoms with Crippen LogP contribution in [0.3, 0.4) is 0 Å². The molecule has 33 heavy (non-hydrogen) atoms. The predicted octanol–water partition coefficient (Wildman–Crippen LogP) is 3.02. The van der Waals surface area contributed by atoms with Crippen LogP contribution in [0.4, 0.5) is 11.4 Å². The van der Waals surface area contributed by atoms with Crippen molar-refractivity contribution in [3.05, 3.63) is 89.0 Å². The monoisotopic (exact) mass is 442 g/mol. The Hall–Kier alpha value is -4.66. The van der Waals surface area contributed by atoms with Crippen LogP contribution in [0.1, 0.15) is 10.4 Å². The Morgan fingerprint density at radius 2 is 1.73 bits per heavy atom. The average Bonchev–Trinajstić information content (AvgIpc) is 3.29. The van der Waals surface area contributed by atoms with Crippen molar-refractivity contribution < 1.29 is 19.1 Å². The summed E-state index contributed by atoms with van der Waals surface area (Å²) in [6.07, 6.45) is 1.34. The van der Waals surface area contributed by atoms with Crippen molar-refractivity contribution in [3.63, 3.8) is 0 Å². The van der Waals surface area contributed by atoms with E-state index in [-0.39, 0.29) is 24.5 Å². The quantitative estimate of drug-likeness (QED) is 0.492. The van der Waals surface area contributed by atoms with Crippen LogP contribution in [0, 0.1) is 0 Å². The number of benzene rings is 3. The fraction of sp³-hybridized carbons (Fsp3) is 0.0833. The predicted molar refractivity (Wildman–Crippen MR) is 122 cm³/mol. The molecular formula is C24H18N4O5. The van der Waals surface area contributed by atoms with Crippen LogP contribution in [0.5, 0.6) is 11.5 Å². The summed E-state index contributed by atoms with van der Waals surface area (Å²) in [5, 5.41) is 5.93. The molecule has 2 amide bonds. The molecule has 3 aromatic carbocycles. The molecule has 9 nitrogen and oxygen atoms in total. The number of fused-ring (bicyclic) bond motifs is 2. The van der Waals surface area contributed by atoms with E-state index < -0.39 is 11.8 Å². The first-order valence-electron chi connectivity index (χ1n) is 10.1. The normalized spacial score (nSPS) is 11.9. The highest BCUT2D eigenvalue weighted by atomic mass is 16.7. The number of ether oxygens (including phenoxy) is 2. The number of nitrogens with zero attached hydrogens (tertiary/aromatic N) is 2. The molecular weight excluding hydrogens is 424 g/mol. The third-order valence-corrected chi connectivity index (χ3v) is 5.12. The fourth-order valence-corrected chi connectivity index (χ4v) is 3.53. The molecule has 1 aromatic heterocycles. The zero-order valence-corrected chi connectivity index (χ0v) is 17.3. The fourth-order valence-electron chi connectivity index (χ4n) is 3.53. The number of anilines is 2. The molecule has 0 fully saturated rings. The minimum atomic E-state index is -0.461. The molecule has 4 aromatic rings. The second-order valence-electron chi connectivity index (χ2n) is 7.31. The Bertz CT molecular complexity index is 1450. The van der Waals surface area contributed by atoms with Crippen LogP contribution in [0.2, 0.25) is 0 Å². The minimum Gasteiger partial charge on any atom is -0.454 e. The van der Waals surface area contributed by atoms with E-state index in [0.717, 1.165) is 0 Å². The number of aromatic nitrogens is 2. The van der Waals surface area contributed by atoms with Crippen LogP contribution in [0.25, 0.3) is 10.9 Å². The van der Waals surface area contributed by atoms with Crippen molar-refractivity contribution in [3.8, 4) is 11.5 Å². The van der Waals surface area contributed by atoms with E-state index in [9.17, 15) is 14.4 Å². The smallest absolute Gasteiger partial charge is 0.261 e. The van der Waals surface area contributed by atoms with Crippen molar-refractivity contribution in [2.75, 3.05) is 17.4 Å². The zero-order valence-electron chi connectivity index (χ0n) is 17.3. The highest BCUT2D eigenvalue weighted by molar-refractivity contribution is 6.10. The standard InChI is InChI=1S/C24H18N4O5/c29-22(12-28-13-25-18-7-3-2-6-17(18)24(28)31)27-19-8-4-1-5-16(19)23(30)26-15-9-10-20-21(11-15)33-14-32-20/h1-11,13H,12,14H2,(H,26,30)(H,27,29). The van der Waals surface area contributed by atoms with Gasteiger partial charge in [-0.15, -0.1) is 0 Å². The molecule has 1 aliphatic heterocycles. The number of hydrogen-bond donors (Lipinski definition) is 2. The molecule has 0 saturated carbocycles. The van der Waals surface area contributed by atoms with E-state index in [2.05, 4.69) is 15.6 Å². The first-order valence-corrected chi connectivity index (χ1v) is 10.1. The van der Waals surface area contributed by atoms with Crippen molar-refractivity contribution in [2.45, 2.75) is 6.54 Å². The van der Waals surface area contributed by atoms with Crippen LogP contribution >= 0.6 is 0 Å². The summed E-state index contributed by atoms with van der Waals surface area (Å²) >= 11 is 0. The highest BCUT2D eigenvalue weighted by Gasteiger charge is 2.17. The van der Waals surface area contributed by atoms with E-state index in [1.807, 2.05) is 0 Å². The number of nitrogens with one attached hydrogen (secondary N) is 2. The Kier molecular flexibility index (Phi) is 5.19. The molecule has 164 valence electrons. The van der Waals surface area contributed by atoms with Crippen molar-refractivity contribution >= 4 is 34.1 Å². The van der Waals surface area contributed by atoms with Gasteiger partial charge in [0.15, 0.2) is 11.5 Å². The van der Waals surface area contributed by atoms with Crippen LogP contribution in [-0.4, -0.2) is 28.2 Å². The summed E-state index contributed by atoms with van der Waals surface area (Å²) in [5.74, 6) is 0.287. The lowest BCUT2D eigenvalue weighted by Gasteiger charge is -2.12. The second-order valence-corrected chi connectivity index (χ2v) is 7.31. The maximum Gasteiger partial charge on any atom is 0.261 e. The third kappa shape index (κ3) is 4.11.